The molecule has 232 valence electrons. The topological polar surface area (TPSA) is 80.9 Å². The first-order valence-electron chi connectivity index (χ1n) is 15.5. The van der Waals surface area contributed by atoms with Crippen LogP contribution in [0.25, 0.3) is 0 Å². The number of rotatable bonds is 6. The first kappa shape index (κ1) is 31.7. The third-order valence-corrected chi connectivity index (χ3v) is 9.33. The molecule has 5 rings (SSSR count). The van der Waals surface area contributed by atoms with Crippen LogP contribution in [0.5, 0.6) is 23.0 Å². The molecule has 5 aromatic rings. The van der Waals surface area contributed by atoms with Crippen molar-refractivity contribution in [3.05, 3.63) is 150 Å². The van der Waals surface area contributed by atoms with E-state index in [-0.39, 0.29) is 11.8 Å². The third-order valence-electron chi connectivity index (χ3n) is 9.33. The van der Waals surface area contributed by atoms with Crippen molar-refractivity contribution < 1.29 is 20.4 Å². The van der Waals surface area contributed by atoms with E-state index < -0.39 is 0 Å². The van der Waals surface area contributed by atoms with E-state index in [0.717, 1.165) is 83.5 Å². The van der Waals surface area contributed by atoms with Gasteiger partial charge in [-0.1, -0.05) is 66.7 Å². The van der Waals surface area contributed by atoms with Gasteiger partial charge < -0.3 is 20.4 Å². The van der Waals surface area contributed by atoms with Crippen LogP contribution >= 0.6 is 0 Å². The Balaban J connectivity index is 1.74. The normalized spacial score (nSPS) is 11.5. The van der Waals surface area contributed by atoms with Gasteiger partial charge in [0.05, 0.1) is 0 Å². The Kier molecular flexibility index (Phi) is 8.46. The summed E-state index contributed by atoms with van der Waals surface area (Å²) in [7, 11) is 0. The highest BCUT2D eigenvalue weighted by Crippen LogP contribution is 2.42. The van der Waals surface area contributed by atoms with Crippen molar-refractivity contribution in [2.45, 2.75) is 74.1 Å². The maximum absolute atomic E-state index is 10.6. The summed E-state index contributed by atoms with van der Waals surface area (Å²) < 4.78 is 0. The molecule has 0 saturated carbocycles. The summed E-state index contributed by atoms with van der Waals surface area (Å²) >= 11 is 0. The molecule has 0 spiro atoms. The number of benzene rings is 5. The smallest absolute Gasteiger partial charge is 0.121 e. The van der Waals surface area contributed by atoms with Gasteiger partial charge in [-0.2, -0.15) is 0 Å². The monoisotopic (exact) mass is 600 g/mol. The Bertz CT molecular complexity index is 1740. The standard InChI is InChI=1S/C41H44O4/c1-21-12-30(36(31-13-22(2)38(42)23(3)14-31)32-15-24(4)39(43)25(5)16-32)10-11-35(21)37(33-17-26(6)40(44)27(7)18-33)34-19-28(8)41(45)29(9)20-34/h10-20,36-37,42-45H,1-9H3. The van der Waals surface area contributed by atoms with E-state index in [9.17, 15) is 20.4 Å². The van der Waals surface area contributed by atoms with Crippen molar-refractivity contribution in [2.75, 3.05) is 0 Å². The molecule has 0 aliphatic heterocycles. The first-order valence-corrected chi connectivity index (χ1v) is 15.5. The van der Waals surface area contributed by atoms with Crippen LogP contribution in [0, 0.1) is 62.3 Å². The predicted octanol–water partition coefficient (Wildman–Crippen LogP) is 9.65. The summed E-state index contributed by atoms with van der Waals surface area (Å²) in [6, 6.07) is 23.1. The van der Waals surface area contributed by atoms with E-state index in [4.69, 9.17) is 0 Å². The quantitative estimate of drug-likeness (QED) is 0.146. The van der Waals surface area contributed by atoms with Crippen molar-refractivity contribution in [2.24, 2.45) is 0 Å². The van der Waals surface area contributed by atoms with Gasteiger partial charge in [-0.25, -0.2) is 0 Å². The largest absolute Gasteiger partial charge is 0.507 e. The van der Waals surface area contributed by atoms with Crippen LogP contribution in [0.2, 0.25) is 0 Å². The number of hydrogen-bond acceptors (Lipinski definition) is 4. The van der Waals surface area contributed by atoms with Gasteiger partial charge in [0.2, 0.25) is 0 Å². The van der Waals surface area contributed by atoms with Gasteiger partial charge in [0.15, 0.2) is 0 Å². The van der Waals surface area contributed by atoms with Gasteiger partial charge in [-0.15, -0.1) is 0 Å². The van der Waals surface area contributed by atoms with Crippen molar-refractivity contribution in [1.29, 1.82) is 0 Å². The minimum atomic E-state index is -0.122. The van der Waals surface area contributed by atoms with E-state index in [1.165, 1.54) is 0 Å². The first-order chi connectivity index (χ1) is 21.2. The van der Waals surface area contributed by atoms with E-state index in [0.29, 0.717) is 23.0 Å². The Labute approximate surface area is 267 Å². The van der Waals surface area contributed by atoms with Crippen LogP contribution in [-0.4, -0.2) is 20.4 Å². The molecule has 4 nitrogen and oxygen atoms in total. The number of phenolic OH excluding ortho intramolecular Hbond substituents is 4. The number of aryl methyl sites for hydroxylation is 9. The number of hydrogen-bond donors (Lipinski definition) is 4. The molecule has 0 radical (unpaired) electrons. The van der Waals surface area contributed by atoms with Crippen LogP contribution < -0.4 is 0 Å². The minimum Gasteiger partial charge on any atom is -0.507 e. The van der Waals surface area contributed by atoms with Gasteiger partial charge in [0.25, 0.3) is 0 Å². The molecule has 0 aliphatic carbocycles. The average Bonchev–Trinajstić information content (AvgIpc) is 2.97. The van der Waals surface area contributed by atoms with Crippen LogP contribution in [-0.2, 0) is 0 Å². The van der Waals surface area contributed by atoms with Crippen LogP contribution in [0.15, 0.2) is 66.7 Å². The van der Waals surface area contributed by atoms with Crippen LogP contribution in [0.1, 0.15) is 95.3 Å². The highest BCUT2D eigenvalue weighted by Gasteiger charge is 2.25. The second-order valence-corrected chi connectivity index (χ2v) is 13.0. The highest BCUT2D eigenvalue weighted by atomic mass is 16.3. The van der Waals surface area contributed by atoms with Crippen LogP contribution in [0.3, 0.4) is 0 Å². The second-order valence-electron chi connectivity index (χ2n) is 13.0. The fourth-order valence-corrected chi connectivity index (χ4v) is 6.96. The number of aromatic hydroxyl groups is 4. The molecular weight excluding hydrogens is 556 g/mol. The predicted molar refractivity (Wildman–Crippen MR) is 183 cm³/mol. The lowest BCUT2D eigenvalue weighted by molar-refractivity contribution is 0.465. The molecule has 0 aromatic heterocycles. The summed E-state index contributed by atoms with van der Waals surface area (Å²) in [5.74, 6) is 0.995. The van der Waals surface area contributed by atoms with Crippen molar-refractivity contribution in [1.82, 2.24) is 0 Å². The zero-order valence-corrected chi connectivity index (χ0v) is 27.8. The Hall–Kier alpha value is -4.70. The molecule has 0 fully saturated rings. The summed E-state index contributed by atoms with van der Waals surface area (Å²) in [4.78, 5) is 0. The molecule has 0 heterocycles. The molecule has 5 aromatic carbocycles. The molecular formula is C41H44O4. The molecule has 0 saturated heterocycles. The summed E-state index contributed by atoms with van der Waals surface area (Å²) in [6.45, 7) is 17.6. The zero-order chi connectivity index (χ0) is 32.9. The summed E-state index contributed by atoms with van der Waals surface area (Å²) in [6.07, 6.45) is 0. The maximum atomic E-state index is 10.6. The van der Waals surface area contributed by atoms with Gasteiger partial charge in [0.1, 0.15) is 23.0 Å². The third kappa shape index (κ3) is 5.90. The molecule has 0 amide bonds. The van der Waals surface area contributed by atoms with E-state index >= 15 is 0 Å². The molecule has 0 unspecified atom stereocenters. The molecule has 0 atom stereocenters. The highest BCUT2D eigenvalue weighted by molar-refractivity contribution is 5.57. The van der Waals surface area contributed by atoms with Crippen LogP contribution in [0.4, 0.5) is 0 Å². The molecule has 0 aliphatic rings. The lowest BCUT2D eigenvalue weighted by atomic mass is 9.78. The Morgan fingerprint density at radius 3 is 0.822 bits per heavy atom. The van der Waals surface area contributed by atoms with E-state index in [1.54, 1.807) is 0 Å². The fourth-order valence-electron chi connectivity index (χ4n) is 6.96. The fraction of sp³-hybridized carbons (Fsp3) is 0.268. The average molecular weight is 601 g/mol. The lowest BCUT2D eigenvalue weighted by Crippen LogP contribution is -2.10. The summed E-state index contributed by atoms with van der Waals surface area (Å²) in [5.41, 5.74) is 14.3. The molecule has 45 heavy (non-hydrogen) atoms. The second kappa shape index (κ2) is 12.0. The SMILES string of the molecule is Cc1cc(C(c2cc(C)c(O)c(C)c2)c2cc(C)c(O)c(C)c2)ccc1C(c1cc(C)c(O)c(C)c1)c1cc(C)c(O)c(C)c1. The molecule has 4 heteroatoms. The number of phenols is 4. The van der Waals surface area contributed by atoms with Crippen molar-refractivity contribution in [3.63, 3.8) is 0 Å². The van der Waals surface area contributed by atoms with E-state index in [2.05, 4.69) is 73.7 Å². The summed E-state index contributed by atoms with van der Waals surface area (Å²) in [5, 5.41) is 42.4. The van der Waals surface area contributed by atoms with Gasteiger partial charge in [-0.3, -0.25) is 0 Å². The van der Waals surface area contributed by atoms with E-state index in [1.807, 2.05) is 55.4 Å². The van der Waals surface area contributed by atoms with Gasteiger partial charge >= 0.3 is 0 Å². The van der Waals surface area contributed by atoms with Gasteiger partial charge in [-0.05, 0) is 146 Å². The minimum absolute atomic E-state index is 0.121. The molecule has 4 N–H and O–H groups in total. The van der Waals surface area contributed by atoms with Gasteiger partial charge in [0, 0.05) is 11.8 Å². The molecule has 0 bridgehead atoms. The Morgan fingerprint density at radius 2 is 0.556 bits per heavy atom. The zero-order valence-electron chi connectivity index (χ0n) is 27.8. The lowest BCUT2D eigenvalue weighted by Gasteiger charge is -2.26. The van der Waals surface area contributed by atoms with Crippen molar-refractivity contribution in [3.8, 4) is 23.0 Å². The van der Waals surface area contributed by atoms with Crippen molar-refractivity contribution >= 4 is 0 Å². The Morgan fingerprint density at radius 1 is 0.311 bits per heavy atom. The maximum Gasteiger partial charge on any atom is 0.121 e.